The minimum absolute atomic E-state index is 0.518. The van der Waals surface area contributed by atoms with Gasteiger partial charge in [0.1, 0.15) is 0 Å². The van der Waals surface area contributed by atoms with E-state index in [4.69, 9.17) is 0 Å². The molecule has 3 unspecified atom stereocenters. The molecule has 0 amide bonds. The summed E-state index contributed by atoms with van der Waals surface area (Å²) < 4.78 is 0. The van der Waals surface area contributed by atoms with Crippen molar-refractivity contribution in [3.8, 4) is 0 Å². The monoisotopic (exact) mass is 328 g/mol. The van der Waals surface area contributed by atoms with Crippen molar-refractivity contribution in [3.63, 3.8) is 0 Å². The summed E-state index contributed by atoms with van der Waals surface area (Å²) >= 11 is 4.04. The van der Waals surface area contributed by atoms with Gasteiger partial charge in [-0.05, 0) is 58.6 Å². The van der Waals surface area contributed by atoms with Crippen molar-refractivity contribution >= 4 is 26.7 Å². The third-order valence-corrected chi connectivity index (χ3v) is 6.68. The zero-order valence-electron chi connectivity index (χ0n) is 12.0. The van der Waals surface area contributed by atoms with Gasteiger partial charge in [-0.1, -0.05) is 66.0 Å². The maximum Gasteiger partial charge on any atom is 0.0432 e. The molecule has 2 aromatic carbocycles. The Labute approximate surface area is 129 Å². The van der Waals surface area contributed by atoms with Gasteiger partial charge in [-0.3, -0.25) is 0 Å². The van der Waals surface area contributed by atoms with E-state index in [2.05, 4.69) is 53.2 Å². The molecule has 0 aliphatic heterocycles. The van der Waals surface area contributed by atoms with Crippen LogP contribution < -0.4 is 0 Å². The summed E-state index contributed by atoms with van der Waals surface area (Å²) in [6.45, 7) is 2.42. The third-order valence-electron chi connectivity index (χ3n) is 5.51. The average Bonchev–Trinajstić information content (AvgIpc) is 3.07. The van der Waals surface area contributed by atoms with E-state index in [9.17, 15) is 0 Å². The van der Waals surface area contributed by atoms with Crippen LogP contribution >= 0.6 is 15.9 Å². The first kappa shape index (κ1) is 12.9. The summed E-state index contributed by atoms with van der Waals surface area (Å²) in [6, 6.07) is 11.6. The molecule has 0 bridgehead atoms. The lowest BCUT2D eigenvalue weighted by Crippen LogP contribution is -2.11. The lowest BCUT2D eigenvalue weighted by Gasteiger charge is -2.24. The minimum Gasteiger partial charge on any atom is -0.0835 e. The molecule has 1 heteroatoms. The molecule has 2 aromatic rings. The van der Waals surface area contributed by atoms with Gasteiger partial charge in [0.25, 0.3) is 0 Å². The summed E-state index contributed by atoms with van der Waals surface area (Å²) in [5.41, 5.74) is 4.63. The lowest BCUT2D eigenvalue weighted by molar-refractivity contribution is 0.415. The molecule has 0 aromatic heterocycles. The molecule has 1 saturated carbocycles. The normalized spacial score (nSPS) is 26.3. The molecule has 0 saturated heterocycles. The number of alkyl halides is 1. The SMILES string of the molecule is CC1CCCC1C(Br)c1ccc2c3c(cccc13)CC2. The van der Waals surface area contributed by atoms with Crippen LogP contribution in [0.15, 0.2) is 30.3 Å². The van der Waals surface area contributed by atoms with Crippen molar-refractivity contribution in [2.24, 2.45) is 11.8 Å². The van der Waals surface area contributed by atoms with Crippen LogP contribution in [0.4, 0.5) is 0 Å². The summed E-state index contributed by atoms with van der Waals surface area (Å²) in [6.07, 6.45) is 6.62. The topological polar surface area (TPSA) is 0 Å². The fourth-order valence-corrected chi connectivity index (χ4v) is 5.53. The second-order valence-corrected chi connectivity index (χ2v) is 7.61. The maximum atomic E-state index is 4.04. The Hall–Kier alpha value is -0.820. The van der Waals surface area contributed by atoms with Crippen LogP contribution in [0.1, 0.15) is 47.7 Å². The summed E-state index contributed by atoms with van der Waals surface area (Å²) in [7, 11) is 0. The highest BCUT2D eigenvalue weighted by Crippen LogP contribution is 2.47. The number of halogens is 1. The van der Waals surface area contributed by atoms with Gasteiger partial charge in [0, 0.05) is 4.83 Å². The summed E-state index contributed by atoms with van der Waals surface area (Å²) in [5.74, 6) is 1.65. The lowest BCUT2D eigenvalue weighted by atomic mass is 9.88. The van der Waals surface area contributed by atoms with Gasteiger partial charge in [-0.15, -0.1) is 0 Å². The van der Waals surface area contributed by atoms with Crippen LogP contribution in [0.2, 0.25) is 0 Å². The first-order valence-electron chi connectivity index (χ1n) is 7.93. The fraction of sp³-hybridized carbons (Fsp3) is 0.474. The van der Waals surface area contributed by atoms with Crippen LogP contribution in [0.25, 0.3) is 10.8 Å². The van der Waals surface area contributed by atoms with E-state index in [1.807, 2.05) is 0 Å². The Balaban J connectivity index is 1.85. The van der Waals surface area contributed by atoms with Crippen LogP contribution in [0, 0.1) is 11.8 Å². The molecule has 2 aliphatic carbocycles. The van der Waals surface area contributed by atoms with Crippen molar-refractivity contribution < 1.29 is 0 Å². The average molecular weight is 329 g/mol. The van der Waals surface area contributed by atoms with E-state index >= 15 is 0 Å². The molecular formula is C19H21Br. The van der Waals surface area contributed by atoms with Crippen molar-refractivity contribution in [2.75, 3.05) is 0 Å². The van der Waals surface area contributed by atoms with Gasteiger partial charge < -0.3 is 0 Å². The van der Waals surface area contributed by atoms with Crippen LogP contribution in [-0.4, -0.2) is 0 Å². The van der Waals surface area contributed by atoms with Gasteiger partial charge in [0.05, 0.1) is 0 Å². The van der Waals surface area contributed by atoms with Crippen molar-refractivity contribution in [3.05, 3.63) is 47.0 Å². The fourth-order valence-electron chi connectivity index (χ4n) is 4.35. The maximum absolute atomic E-state index is 4.04. The third kappa shape index (κ3) is 1.86. The first-order chi connectivity index (χ1) is 9.75. The van der Waals surface area contributed by atoms with Gasteiger partial charge >= 0.3 is 0 Å². The highest BCUT2D eigenvalue weighted by atomic mass is 79.9. The zero-order chi connectivity index (χ0) is 13.7. The molecule has 104 valence electrons. The van der Waals surface area contributed by atoms with Gasteiger partial charge in [-0.25, -0.2) is 0 Å². The van der Waals surface area contributed by atoms with Crippen LogP contribution in [0.5, 0.6) is 0 Å². The largest absolute Gasteiger partial charge is 0.0835 e. The van der Waals surface area contributed by atoms with Crippen LogP contribution in [0.3, 0.4) is 0 Å². The summed E-state index contributed by atoms with van der Waals surface area (Å²) in [5, 5.41) is 3.05. The molecule has 1 fully saturated rings. The Morgan fingerprint density at radius 3 is 2.60 bits per heavy atom. The van der Waals surface area contributed by atoms with E-state index in [1.165, 1.54) is 43.1 Å². The summed E-state index contributed by atoms with van der Waals surface area (Å²) in [4.78, 5) is 0.518. The molecule has 0 spiro atoms. The van der Waals surface area contributed by atoms with Crippen LogP contribution in [-0.2, 0) is 12.8 Å². The molecule has 4 rings (SSSR count). The predicted molar refractivity (Wildman–Crippen MR) is 89.5 cm³/mol. The number of rotatable bonds is 2. The second-order valence-electron chi connectivity index (χ2n) is 6.63. The molecule has 20 heavy (non-hydrogen) atoms. The Bertz CT molecular complexity index is 648. The minimum atomic E-state index is 0.518. The van der Waals surface area contributed by atoms with E-state index in [0.717, 1.165) is 11.8 Å². The smallest absolute Gasteiger partial charge is 0.0432 e. The van der Waals surface area contributed by atoms with Gasteiger partial charge in [-0.2, -0.15) is 0 Å². The van der Waals surface area contributed by atoms with Gasteiger partial charge in [0.15, 0.2) is 0 Å². The molecule has 0 radical (unpaired) electrons. The number of benzene rings is 2. The van der Waals surface area contributed by atoms with E-state index in [1.54, 1.807) is 16.5 Å². The quantitative estimate of drug-likeness (QED) is 0.610. The molecule has 0 nitrogen and oxygen atoms in total. The Morgan fingerprint density at radius 1 is 1.05 bits per heavy atom. The molecular weight excluding hydrogens is 308 g/mol. The highest BCUT2D eigenvalue weighted by Gasteiger charge is 2.31. The zero-order valence-corrected chi connectivity index (χ0v) is 13.6. The molecule has 3 atom stereocenters. The van der Waals surface area contributed by atoms with E-state index in [0.29, 0.717) is 4.83 Å². The first-order valence-corrected chi connectivity index (χ1v) is 8.84. The number of hydrogen-bond acceptors (Lipinski definition) is 0. The second kappa shape index (κ2) is 4.87. The number of aryl methyl sites for hydroxylation is 2. The van der Waals surface area contributed by atoms with E-state index in [-0.39, 0.29) is 0 Å². The van der Waals surface area contributed by atoms with Gasteiger partial charge in [0.2, 0.25) is 0 Å². The standard InChI is InChI=1S/C19H21Br/c1-12-4-2-6-15(12)19(20)17-11-10-14-9-8-13-5-3-7-16(17)18(13)14/h3,5,7,10-12,15,19H,2,4,6,8-9H2,1H3. The Morgan fingerprint density at radius 2 is 1.85 bits per heavy atom. The Kier molecular flexibility index (Phi) is 3.14. The molecule has 2 aliphatic rings. The molecule has 0 heterocycles. The van der Waals surface area contributed by atoms with Crippen molar-refractivity contribution in [1.82, 2.24) is 0 Å². The highest BCUT2D eigenvalue weighted by molar-refractivity contribution is 9.09. The molecule has 0 N–H and O–H groups in total. The number of hydrogen-bond donors (Lipinski definition) is 0. The van der Waals surface area contributed by atoms with E-state index < -0.39 is 0 Å². The predicted octanol–water partition coefficient (Wildman–Crippen LogP) is 5.81. The van der Waals surface area contributed by atoms with Crippen molar-refractivity contribution in [1.29, 1.82) is 0 Å². The van der Waals surface area contributed by atoms with Crippen molar-refractivity contribution in [2.45, 2.75) is 43.9 Å².